The summed E-state index contributed by atoms with van der Waals surface area (Å²) in [5.74, 6) is -0.658. The van der Waals surface area contributed by atoms with Crippen molar-refractivity contribution >= 4 is 33.8 Å². The Hall–Kier alpha value is -2.96. The van der Waals surface area contributed by atoms with Gasteiger partial charge in [0.2, 0.25) is 5.82 Å². The number of carbonyl (C=O) groups excluding carboxylic acids is 2. The van der Waals surface area contributed by atoms with E-state index in [4.69, 9.17) is 4.74 Å². The Labute approximate surface area is 132 Å². The molecule has 0 unspecified atom stereocenters. The molecule has 1 amide bonds. The summed E-state index contributed by atoms with van der Waals surface area (Å²) in [6.45, 7) is 1.98. The quantitative estimate of drug-likeness (QED) is 0.747. The van der Waals surface area contributed by atoms with Crippen LogP contribution in [-0.4, -0.2) is 52.4 Å². The summed E-state index contributed by atoms with van der Waals surface area (Å²) in [7, 11) is 3.39. The molecule has 0 saturated heterocycles. The highest BCUT2D eigenvalue weighted by Crippen LogP contribution is 2.24. The molecule has 0 fully saturated rings. The van der Waals surface area contributed by atoms with Crippen molar-refractivity contribution in [2.75, 3.05) is 20.7 Å². The number of hydrogen-bond acceptors (Lipinski definition) is 5. The Kier molecular flexibility index (Phi) is 3.69. The van der Waals surface area contributed by atoms with Crippen LogP contribution in [0.1, 0.15) is 27.9 Å². The topological polar surface area (TPSA) is 88.2 Å². The van der Waals surface area contributed by atoms with Crippen molar-refractivity contribution in [3.63, 3.8) is 0 Å². The fraction of sp³-hybridized carbons (Fsp3) is 0.250. The molecule has 3 rings (SSSR count). The number of H-pyrrole nitrogens is 1. The van der Waals surface area contributed by atoms with E-state index in [2.05, 4.69) is 15.0 Å². The summed E-state index contributed by atoms with van der Waals surface area (Å²) >= 11 is 0. The molecule has 3 aromatic rings. The first kappa shape index (κ1) is 15.0. The summed E-state index contributed by atoms with van der Waals surface area (Å²) in [6, 6.07) is 5.33. The average molecular weight is 312 g/mol. The molecule has 0 aliphatic heterocycles. The van der Waals surface area contributed by atoms with E-state index in [0.29, 0.717) is 16.6 Å². The van der Waals surface area contributed by atoms with Crippen LogP contribution in [0.15, 0.2) is 24.4 Å². The maximum atomic E-state index is 12.1. The van der Waals surface area contributed by atoms with E-state index in [1.54, 1.807) is 39.3 Å². The minimum atomic E-state index is -0.565. The number of nitrogens with zero attached hydrogens (tertiary/aromatic N) is 3. The molecule has 118 valence electrons. The smallest absolute Gasteiger partial charge is 0.376 e. The second-order valence-corrected chi connectivity index (χ2v) is 5.26. The molecule has 23 heavy (non-hydrogen) atoms. The third-order valence-electron chi connectivity index (χ3n) is 3.44. The first-order valence-corrected chi connectivity index (χ1v) is 7.18. The lowest BCUT2D eigenvalue weighted by Gasteiger charge is -2.09. The molecular weight excluding hydrogens is 296 g/mol. The number of aromatic amines is 1. The SMILES string of the molecule is CCOC(=O)c1ncc2[nH]c3ccc(C(=O)N(C)C)cc3c2n1. The van der Waals surface area contributed by atoms with Crippen LogP contribution >= 0.6 is 0 Å². The molecular formula is C16H16N4O3. The zero-order valence-electron chi connectivity index (χ0n) is 13.1. The van der Waals surface area contributed by atoms with Crippen LogP contribution in [-0.2, 0) is 4.74 Å². The Morgan fingerprint density at radius 1 is 1.26 bits per heavy atom. The minimum absolute atomic E-state index is 0.00425. The van der Waals surface area contributed by atoms with Gasteiger partial charge in [0, 0.05) is 30.6 Å². The van der Waals surface area contributed by atoms with Gasteiger partial charge in [-0.15, -0.1) is 0 Å². The first-order chi connectivity index (χ1) is 11.0. The van der Waals surface area contributed by atoms with Crippen molar-refractivity contribution in [3.05, 3.63) is 35.8 Å². The van der Waals surface area contributed by atoms with Gasteiger partial charge in [-0.05, 0) is 25.1 Å². The van der Waals surface area contributed by atoms with Crippen molar-refractivity contribution in [1.29, 1.82) is 0 Å². The number of esters is 1. The van der Waals surface area contributed by atoms with Crippen molar-refractivity contribution < 1.29 is 14.3 Å². The van der Waals surface area contributed by atoms with E-state index >= 15 is 0 Å². The number of aromatic nitrogens is 3. The molecule has 1 N–H and O–H groups in total. The monoisotopic (exact) mass is 312 g/mol. The molecule has 0 aliphatic carbocycles. The number of nitrogens with one attached hydrogen (secondary N) is 1. The van der Waals surface area contributed by atoms with Crippen LogP contribution in [0.4, 0.5) is 0 Å². The normalized spacial score (nSPS) is 10.9. The molecule has 0 atom stereocenters. The number of ether oxygens (including phenoxy) is 1. The van der Waals surface area contributed by atoms with Crippen LogP contribution in [0, 0.1) is 0 Å². The van der Waals surface area contributed by atoms with Crippen molar-refractivity contribution in [3.8, 4) is 0 Å². The van der Waals surface area contributed by atoms with E-state index in [-0.39, 0.29) is 18.3 Å². The van der Waals surface area contributed by atoms with Crippen molar-refractivity contribution in [2.45, 2.75) is 6.92 Å². The third-order valence-corrected chi connectivity index (χ3v) is 3.44. The largest absolute Gasteiger partial charge is 0.460 e. The first-order valence-electron chi connectivity index (χ1n) is 7.18. The highest BCUT2D eigenvalue weighted by atomic mass is 16.5. The van der Waals surface area contributed by atoms with E-state index in [9.17, 15) is 9.59 Å². The lowest BCUT2D eigenvalue weighted by molar-refractivity contribution is 0.0512. The lowest BCUT2D eigenvalue weighted by atomic mass is 10.1. The number of rotatable bonds is 3. The molecule has 0 saturated carbocycles. The van der Waals surface area contributed by atoms with Gasteiger partial charge in [0.15, 0.2) is 0 Å². The zero-order valence-corrected chi connectivity index (χ0v) is 13.1. The highest BCUT2D eigenvalue weighted by molar-refractivity contribution is 6.08. The predicted octanol–water partition coefficient (Wildman–Crippen LogP) is 1.99. The van der Waals surface area contributed by atoms with Gasteiger partial charge in [0.1, 0.15) is 5.52 Å². The maximum absolute atomic E-state index is 12.1. The minimum Gasteiger partial charge on any atom is -0.460 e. The Morgan fingerprint density at radius 3 is 2.74 bits per heavy atom. The molecule has 7 nitrogen and oxygen atoms in total. The van der Waals surface area contributed by atoms with Gasteiger partial charge in [-0.1, -0.05) is 0 Å². The van der Waals surface area contributed by atoms with Crippen molar-refractivity contribution in [2.24, 2.45) is 0 Å². The van der Waals surface area contributed by atoms with Crippen LogP contribution in [0.25, 0.3) is 21.9 Å². The fourth-order valence-corrected chi connectivity index (χ4v) is 2.36. The van der Waals surface area contributed by atoms with Gasteiger partial charge in [-0.2, -0.15) is 0 Å². The summed E-state index contributed by atoms with van der Waals surface area (Å²) in [4.78, 5) is 36.9. The zero-order chi connectivity index (χ0) is 16.6. The maximum Gasteiger partial charge on any atom is 0.376 e. The molecule has 1 aromatic carbocycles. The Morgan fingerprint density at radius 2 is 2.04 bits per heavy atom. The molecule has 0 bridgehead atoms. The van der Waals surface area contributed by atoms with Gasteiger partial charge in [0.25, 0.3) is 5.91 Å². The molecule has 2 heterocycles. The standard InChI is InChI=1S/C16H16N4O3/c1-4-23-16(22)14-17-8-12-13(19-14)10-7-9(15(21)20(2)3)5-6-11(10)18-12/h5-8,18H,4H2,1-3H3. The molecule has 0 spiro atoms. The van der Waals surface area contributed by atoms with Crippen molar-refractivity contribution in [1.82, 2.24) is 19.9 Å². The number of fused-ring (bicyclic) bond motifs is 3. The molecule has 2 aromatic heterocycles. The molecule has 7 heteroatoms. The fourth-order valence-electron chi connectivity index (χ4n) is 2.36. The third kappa shape index (κ3) is 2.61. The summed E-state index contributed by atoms with van der Waals surface area (Å²) < 4.78 is 4.92. The van der Waals surface area contributed by atoms with E-state index < -0.39 is 5.97 Å². The van der Waals surface area contributed by atoms with E-state index in [1.807, 2.05) is 6.07 Å². The lowest BCUT2D eigenvalue weighted by Crippen LogP contribution is -2.21. The second-order valence-electron chi connectivity index (χ2n) is 5.26. The van der Waals surface area contributed by atoms with Gasteiger partial charge < -0.3 is 14.6 Å². The van der Waals surface area contributed by atoms with Gasteiger partial charge in [-0.3, -0.25) is 4.79 Å². The number of benzene rings is 1. The number of hydrogen-bond donors (Lipinski definition) is 1. The molecule has 0 radical (unpaired) electrons. The van der Waals surface area contributed by atoms with Gasteiger partial charge in [0.05, 0.1) is 18.3 Å². The van der Waals surface area contributed by atoms with Crippen LogP contribution in [0.3, 0.4) is 0 Å². The summed E-state index contributed by atoms with van der Waals surface area (Å²) in [5, 5.41) is 0.764. The Balaban J connectivity index is 2.17. The summed E-state index contributed by atoms with van der Waals surface area (Å²) in [6.07, 6.45) is 1.54. The van der Waals surface area contributed by atoms with Gasteiger partial charge in [-0.25, -0.2) is 14.8 Å². The number of carbonyl (C=O) groups is 2. The van der Waals surface area contributed by atoms with Gasteiger partial charge >= 0.3 is 5.97 Å². The summed E-state index contributed by atoms with van der Waals surface area (Å²) in [5.41, 5.74) is 2.67. The number of amides is 1. The average Bonchev–Trinajstić information content (AvgIpc) is 2.91. The van der Waals surface area contributed by atoms with E-state index in [1.165, 1.54) is 4.90 Å². The van der Waals surface area contributed by atoms with Crippen LogP contribution < -0.4 is 0 Å². The predicted molar refractivity (Wildman–Crippen MR) is 85.4 cm³/mol. The van der Waals surface area contributed by atoms with E-state index in [0.717, 1.165) is 10.9 Å². The highest BCUT2D eigenvalue weighted by Gasteiger charge is 2.15. The van der Waals surface area contributed by atoms with Crippen LogP contribution in [0.5, 0.6) is 0 Å². The second kappa shape index (κ2) is 5.68. The van der Waals surface area contributed by atoms with Crippen LogP contribution in [0.2, 0.25) is 0 Å². The molecule has 0 aliphatic rings. The Bertz CT molecular complexity index is 914.